The Bertz CT molecular complexity index is 700. The number of benzene rings is 1. The molecule has 2 amide bonds. The maximum Gasteiger partial charge on any atom is 0.317 e. The van der Waals surface area contributed by atoms with Gasteiger partial charge >= 0.3 is 6.03 Å². The second-order valence-corrected chi connectivity index (χ2v) is 9.28. The number of halogens is 2. The molecular formula is C21H32Cl2N4O2. The zero-order valence-electron chi connectivity index (χ0n) is 17.3. The molecule has 1 heterocycles. The van der Waals surface area contributed by atoms with E-state index in [4.69, 9.17) is 23.2 Å². The number of rotatable bonds is 5. The van der Waals surface area contributed by atoms with E-state index in [0.29, 0.717) is 10.0 Å². The molecule has 0 radical (unpaired) electrons. The summed E-state index contributed by atoms with van der Waals surface area (Å²) in [6.45, 7) is 4.58. The Morgan fingerprint density at radius 3 is 2.48 bits per heavy atom. The SMILES string of the molecule is CN(C)C(=O)NC1CCC(O)(CCN2CCN(c3cccc(Cl)c3Cl)CC2)CC1. The Hall–Kier alpha value is -1.21. The minimum atomic E-state index is -0.618. The molecule has 0 unspecified atom stereocenters. The molecule has 29 heavy (non-hydrogen) atoms. The van der Waals surface area contributed by atoms with Gasteiger partial charge in [0, 0.05) is 52.9 Å². The fourth-order valence-corrected chi connectivity index (χ4v) is 4.58. The number of urea groups is 1. The lowest BCUT2D eigenvalue weighted by atomic mass is 9.80. The summed E-state index contributed by atoms with van der Waals surface area (Å²) in [6.07, 6.45) is 3.92. The zero-order valence-corrected chi connectivity index (χ0v) is 18.8. The van der Waals surface area contributed by atoms with Gasteiger partial charge in [-0.2, -0.15) is 0 Å². The van der Waals surface area contributed by atoms with Crippen molar-refractivity contribution in [2.45, 2.75) is 43.7 Å². The molecule has 2 N–H and O–H groups in total. The summed E-state index contributed by atoms with van der Waals surface area (Å²) >= 11 is 12.5. The van der Waals surface area contributed by atoms with Crippen LogP contribution in [0.1, 0.15) is 32.1 Å². The van der Waals surface area contributed by atoms with Gasteiger partial charge in [-0.15, -0.1) is 0 Å². The van der Waals surface area contributed by atoms with Crippen LogP contribution in [-0.2, 0) is 0 Å². The molecule has 0 aromatic heterocycles. The van der Waals surface area contributed by atoms with Gasteiger partial charge in [-0.3, -0.25) is 4.90 Å². The van der Waals surface area contributed by atoms with Crippen molar-refractivity contribution in [3.63, 3.8) is 0 Å². The lowest BCUT2D eigenvalue weighted by molar-refractivity contribution is -0.0178. The fraction of sp³-hybridized carbons (Fsp3) is 0.667. The number of hydrogen-bond acceptors (Lipinski definition) is 4. The predicted octanol–water partition coefficient (Wildman–Crippen LogP) is 3.45. The van der Waals surface area contributed by atoms with Gasteiger partial charge in [0.15, 0.2) is 0 Å². The molecule has 1 aromatic carbocycles. The summed E-state index contributed by atoms with van der Waals surface area (Å²) in [5.74, 6) is 0. The van der Waals surface area contributed by atoms with Gasteiger partial charge < -0.3 is 20.2 Å². The predicted molar refractivity (Wildman–Crippen MR) is 119 cm³/mol. The van der Waals surface area contributed by atoms with Gasteiger partial charge in [-0.05, 0) is 44.2 Å². The first-order valence-corrected chi connectivity index (χ1v) is 11.1. The van der Waals surface area contributed by atoms with Crippen molar-refractivity contribution in [3.05, 3.63) is 28.2 Å². The third kappa shape index (κ3) is 5.91. The Morgan fingerprint density at radius 1 is 1.21 bits per heavy atom. The number of nitrogens with zero attached hydrogens (tertiary/aromatic N) is 3. The molecule has 3 rings (SSSR count). The molecule has 2 fully saturated rings. The molecule has 1 saturated heterocycles. The first-order valence-electron chi connectivity index (χ1n) is 10.4. The number of hydrogen-bond donors (Lipinski definition) is 2. The Morgan fingerprint density at radius 2 is 1.86 bits per heavy atom. The average molecular weight is 443 g/mol. The highest BCUT2D eigenvalue weighted by Gasteiger charge is 2.34. The Balaban J connectivity index is 1.41. The van der Waals surface area contributed by atoms with Gasteiger partial charge in [-0.25, -0.2) is 4.79 Å². The van der Waals surface area contributed by atoms with Crippen LogP contribution in [0.25, 0.3) is 0 Å². The quantitative estimate of drug-likeness (QED) is 0.732. The molecule has 0 spiro atoms. The molecule has 0 bridgehead atoms. The van der Waals surface area contributed by atoms with Crippen molar-refractivity contribution < 1.29 is 9.90 Å². The first kappa shape index (κ1) is 22.5. The lowest BCUT2D eigenvalue weighted by Gasteiger charge is -2.40. The van der Waals surface area contributed by atoms with E-state index >= 15 is 0 Å². The normalized spacial score (nSPS) is 25.7. The van der Waals surface area contributed by atoms with Crippen molar-refractivity contribution >= 4 is 34.9 Å². The zero-order chi connectivity index (χ0) is 21.0. The van der Waals surface area contributed by atoms with Crippen LogP contribution in [0, 0.1) is 0 Å². The van der Waals surface area contributed by atoms with E-state index < -0.39 is 5.60 Å². The highest BCUT2D eigenvalue weighted by Crippen LogP contribution is 2.34. The van der Waals surface area contributed by atoms with Gasteiger partial charge in [-0.1, -0.05) is 29.3 Å². The van der Waals surface area contributed by atoms with Gasteiger partial charge in [0.05, 0.1) is 21.3 Å². The molecule has 2 aliphatic rings. The second-order valence-electron chi connectivity index (χ2n) is 8.49. The maximum absolute atomic E-state index is 11.8. The summed E-state index contributed by atoms with van der Waals surface area (Å²) < 4.78 is 0. The van der Waals surface area contributed by atoms with Crippen LogP contribution < -0.4 is 10.2 Å². The molecule has 1 aromatic rings. The van der Waals surface area contributed by atoms with E-state index in [1.54, 1.807) is 19.0 Å². The summed E-state index contributed by atoms with van der Waals surface area (Å²) in [4.78, 5) is 18.0. The van der Waals surface area contributed by atoms with Crippen molar-refractivity contribution in [2.24, 2.45) is 0 Å². The van der Waals surface area contributed by atoms with Crippen LogP contribution in [0.4, 0.5) is 10.5 Å². The lowest BCUT2D eigenvalue weighted by Crippen LogP contribution is -2.49. The molecule has 1 aliphatic heterocycles. The van der Waals surface area contributed by atoms with Crippen LogP contribution in [0.15, 0.2) is 18.2 Å². The monoisotopic (exact) mass is 442 g/mol. The van der Waals surface area contributed by atoms with E-state index in [1.165, 1.54) is 0 Å². The molecule has 162 valence electrons. The van der Waals surface area contributed by atoms with Crippen LogP contribution in [0.2, 0.25) is 10.0 Å². The summed E-state index contributed by atoms with van der Waals surface area (Å²) in [7, 11) is 3.49. The molecule has 8 heteroatoms. The van der Waals surface area contributed by atoms with E-state index in [-0.39, 0.29) is 12.1 Å². The second kappa shape index (κ2) is 9.73. The minimum absolute atomic E-state index is 0.0573. The average Bonchev–Trinajstić information content (AvgIpc) is 2.71. The molecular weight excluding hydrogens is 411 g/mol. The van der Waals surface area contributed by atoms with Crippen molar-refractivity contribution in [3.8, 4) is 0 Å². The number of nitrogens with one attached hydrogen (secondary N) is 1. The number of carbonyl (C=O) groups is 1. The number of anilines is 1. The fourth-order valence-electron chi connectivity index (χ4n) is 4.17. The number of piperazine rings is 1. The highest BCUT2D eigenvalue weighted by molar-refractivity contribution is 6.43. The van der Waals surface area contributed by atoms with E-state index in [0.717, 1.165) is 70.5 Å². The topological polar surface area (TPSA) is 59.1 Å². The first-order chi connectivity index (χ1) is 13.8. The van der Waals surface area contributed by atoms with Crippen LogP contribution in [0.5, 0.6) is 0 Å². The van der Waals surface area contributed by atoms with E-state index in [9.17, 15) is 9.90 Å². The molecule has 6 nitrogen and oxygen atoms in total. The van der Waals surface area contributed by atoms with Gasteiger partial charge in [0.1, 0.15) is 0 Å². The van der Waals surface area contributed by atoms with Crippen LogP contribution >= 0.6 is 23.2 Å². The minimum Gasteiger partial charge on any atom is -0.390 e. The number of amides is 2. The highest BCUT2D eigenvalue weighted by atomic mass is 35.5. The molecule has 0 atom stereocenters. The molecule has 1 aliphatic carbocycles. The number of aliphatic hydroxyl groups is 1. The Kier molecular flexibility index (Phi) is 7.54. The number of carbonyl (C=O) groups excluding carboxylic acids is 1. The Labute approximate surface area is 183 Å². The summed E-state index contributed by atoms with van der Waals surface area (Å²) in [6, 6.07) is 5.86. The smallest absolute Gasteiger partial charge is 0.317 e. The maximum atomic E-state index is 11.8. The van der Waals surface area contributed by atoms with Crippen molar-refractivity contribution in [1.82, 2.24) is 15.1 Å². The van der Waals surface area contributed by atoms with Crippen LogP contribution in [0.3, 0.4) is 0 Å². The third-order valence-electron chi connectivity index (χ3n) is 6.19. The summed E-state index contributed by atoms with van der Waals surface area (Å²) in [5, 5.41) is 15.2. The van der Waals surface area contributed by atoms with Gasteiger partial charge in [0.2, 0.25) is 0 Å². The molecule has 1 saturated carbocycles. The van der Waals surface area contributed by atoms with E-state index in [1.807, 2.05) is 18.2 Å². The van der Waals surface area contributed by atoms with Crippen molar-refractivity contribution in [2.75, 3.05) is 51.7 Å². The largest absolute Gasteiger partial charge is 0.390 e. The summed E-state index contributed by atoms with van der Waals surface area (Å²) in [5.41, 5.74) is 0.378. The van der Waals surface area contributed by atoms with Gasteiger partial charge in [0.25, 0.3) is 0 Å². The third-order valence-corrected chi connectivity index (χ3v) is 7.00. The van der Waals surface area contributed by atoms with Crippen LogP contribution in [-0.4, -0.2) is 79.4 Å². The van der Waals surface area contributed by atoms with Crippen molar-refractivity contribution in [1.29, 1.82) is 0 Å². The standard InChI is InChI=1S/C21H32Cl2N4O2/c1-25(2)20(28)24-16-6-8-21(29,9-7-16)10-11-26-12-14-27(15-13-26)18-5-3-4-17(22)19(18)23/h3-5,16,29H,6-15H2,1-2H3,(H,24,28). The van der Waals surface area contributed by atoms with E-state index in [2.05, 4.69) is 15.1 Å².